The van der Waals surface area contributed by atoms with Gasteiger partial charge in [0, 0.05) is 32.4 Å². The van der Waals surface area contributed by atoms with Gasteiger partial charge >= 0.3 is 0 Å². The standard InChI is InChI=1S/C15H25N3/c1-17-9-3-4-14(11-17)12-18(2)15-7-5-13(10-16)6-8-15/h5-8,14H,3-4,9-12,16H2,1-2H3. The highest BCUT2D eigenvalue weighted by Gasteiger charge is 2.18. The van der Waals surface area contributed by atoms with Crippen LogP contribution >= 0.6 is 0 Å². The number of nitrogens with two attached hydrogens (primary N) is 1. The first-order valence-electron chi connectivity index (χ1n) is 6.87. The first kappa shape index (κ1) is 13.4. The first-order chi connectivity index (χ1) is 8.69. The average molecular weight is 247 g/mol. The minimum atomic E-state index is 0.622. The van der Waals surface area contributed by atoms with Crippen molar-refractivity contribution in [2.45, 2.75) is 19.4 Å². The SMILES string of the molecule is CN1CCCC(CN(C)c2ccc(CN)cc2)C1. The largest absolute Gasteiger partial charge is 0.374 e. The lowest BCUT2D eigenvalue weighted by atomic mass is 9.98. The highest BCUT2D eigenvalue weighted by Crippen LogP contribution is 2.20. The molecule has 1 aliphatic rings. The number of anilines is 1. The van der Waals surface area contributed by atoms with E-state index in [0.29, 0.717) is 6.54 Å². The van der Waals surface area contributed by atoms with Gasteiger partial charge < -0.3 is 15.5 Å². The van der Waals surface area contributed by atoms with Crippen molar-refractivity contribution in [1.82, 2.24) is 4.90 Å². The summed E-state index contributed by atoms with van der Waals surface area (Å²) in [7, 11) is 4.41. The Morgan fingerprint density at radius 3 is 2.67 bits per heavy atom. The Labute approximate surface area is 111 Å². The van der Waals surface area contributed by atoms with Crippen LogP contribution in [0.2, 0.25) is 0 Å². The van der Waals surface area contributed by atoms with Crippen molar-refractivity contribution in [3.8, 4) is 0 Å². The lowest BCUT2D eigenvalue weighted by Crippen LogP contribution is -2.38. The molecule has 100 valence electrons. The molecule has 1 saturated heterocycles. The summed E-state index contributed by atoms with van der Waals surface area (Å²) in [5.41, 5.74) is 8.11. The van der Waals surface area contributed by atoms with E-state index in [1.165, 1.54) is 37.2 Å². The molecule has 1 fully saturated rings. The molecule has 3 heteroatoms. The third-order valence-electron chi connectivity index (χ3n) is 3.87. The molecule has 1 aromatic rings. The van der Waals surface area contributed by atoms with Crippen LogP contribution in [-0.4, -0.2) is 38.6 Å². The molecule has 1 unspecified atom stereocenters. The van der Waals surface area contributed by atoms with Crippen LogP contribution in [0, 0.1) is 5.92 Å². The summed E-state index contributed by atoms with van der Waals surface area (Å²) in [6.07, 6.45) is 2.69. The molecule has 0 amide bonds. The number of likely N-dealkylation sites (tertiary alicyclic amines) is 1. The zero-order valence-corrected chi connectivity index (χ0v) is 11.6. The van der Waals surface area contributed by atoms with Gasteiger partial charge in [-0.25, -0.2) is 0 Å². The third-order valence-corrected chi connectivity index (χ3v) is 3.87. The van der Waals surface area contributed by atoms with E-state index >= 15 is 0 Å². The predicted octanol–water partition coefficient (Wildman–Crippen LogP) is 1.92. The fraction of sp³-hybridized carbons (Fsp3) is 0.600. The van der Waals surface area contributed by atoms with Crippen molar-refractivity contribution < 1.29 is 0 Å². The Bertz CT molecular complexity index is 361. The number of benzene rings is 1. The maximum Gasteiger partial charge on any atom is 0.0363 e. The fourth-order valence-corrected chi connectivity index (χ4v) is 2.80. The van der Waals surface area contributed by atoms with Crippen molar-refractivity contribution in [2.75, 3.05) is 38.6 Å². The van der Waals surface area contributed by atoms with Crippen LogP contribution < -0.4 is 10.6 Å². The predicted molar refractivity (Wildman–Crippen MR) is 77.8 cm³/mol. The maximum atomic E-state index is 5.62. The topological polar surface area (TPSA) is 32.5 Å². The Hall–Kier alpha value is -1.06. The van der Waals surface area contributed by atoms with E-state index in [4.69, 9.17) is 5.73 Å². The number of hydrogen-bond donors (Lipinski definition) is 1. The van der Waals surface area contributed by atoms with Crippen LogP contribution in [0.1, 0.15) is 18.4 Å². The Balaban J connectivity index is 1.91. The second kappa shape index (κ2) is 6.21. The zero-order valence-electron chi connectivity index (χ0n) is 11.6. The summed E-state index contributed by atoms with van der Waals surface area (Å²) >= 11 is 0. The van der Waals surface area contributed by atoms with Gasteiger partial charge in [-0.05, 0) is 50.0 Å². The number of nitrogens with zero attached hydrogens (tertiary/aromatic N) is 2. The molecule has 0 spiro atoms. The van der Waals surface area contributed by atoms with E-state index < -0.39 is 0 Å². The molecule has 0 saturated carbocycles. The van der Waals surface area contributed by atoms with Crippen molar-refractivity contribution in [3.05, 3.63) is 29.8 Å². The third kappa shape index (κ3) is 3.47. The summed E-state index contributed by atoms with van der Waals surface area (Å²) < 4.78 is 0. The zero-order chi connectivity index (χ0) is 13.0. The summed E-state index contributed by atoms with van der Waals surface area (Å²) in [6, 6.07) is 8.60. The van der Waals surface area contributed by atoms with Crippen LogP contribution in [-0.2, 0) is 6.54 Å². The molecule has 1 atom stereocenters. The monoisotopic (exact) mass is 247 g/mol. The van der Waals surface area contributed by atoms with E-state index in [0.717, 1.165) is 12.5 Å². The van der Waals surface area contributed by atoms with Gasteiger partial charge in [-0.1, -0.05) is 12.1 Å². The molecule has 1 aromatic carbocycles. The summed E-state index contributed by atoms with van der Waals surface area (Å²) in [4.78, 5) is 4.81. The number of piperidine rings is 1. The second-order valence-electron chi connectivity index (χ2n) is 5.52. The second-order valence-corrected chi connectivity index (χ2v) is 5.52. The lowest BCUT2D eigenvalue weighted by Gasteiger charge is -2.33. The molecular formula is C15H25N3. The molecule has 0 aromatic heterocycles. The van der Waals surface area contributed by atoms with Crippen LogP contribution in [0.4, 0.5) is 5.69 Å². The van der Waals surface area contributed by atoms with E-state index in [2.05, 4.69) is 48.2 Å². The van der Waals surface area contributed by atoms with Gasteiger partial charge in [0.15, 0.2) is 0 Å². The Morgan fingerprint density at radius 1 is 1.33 bits per heavy atom. The van der Waals surface area contributed by atoms with Gasteiger partial charge in [0.25, 0.3) is 0 Å². The molecule has 3 nitrogen and oxygen atoms in total. The minimum Gasteiger partial charge on any atom is -0.374 e. The average Bonchev–Trinajstić information content (AvgIpc) is 2.39. The van der Waals surface area contributed by atoms with Crippen molar-refractivity contribution in [1.29, 1.82) is 0 Å². The lowest BCUT2D eigenvalue weighted by molar-refractivity contribution is 0.213. The van der Waals surface area contributed by atoms with E-state index in [-0.39, 0.29) is 0 Å². The van der Waals surface area contributed by atoms with Gasteiger partial charge in [-0.15, -0.1) is 0 Å². The molecule has 1 aliphatic heterocycles. The smallest absolute Gasteiger partial charge is 0.0363 e. The van der Waals surface area contributed by atoms with Gasteiger partial charge in [-0.2, -0.15) is 0 Å². The van der Waals surface area contributed by atoms with E-state index in [9.17, 15) is 0 Å². The molecule has 0 aliphatic carbocycles. The normalized spacial score (nSPS) is 20.9. The van der Waals surface area contributed by atoms with Crippen molar-refractivity contribution in [3.63, 3.8) is 0 Å². The molecular weight excluding hydrogens is 222 g/mol. The van der Waals surface area contributed by atoms with Gasteiger partial charge in [0.05, 0.1) is 0 Å². The van der Waals surface area contributed by atoms with Gasteiger partial charge in [0.1, 0.15) is 0 Å². The summed E-state index contributed by atoms with van der Waals surface area (Å²) in [5, 5.41) is 0. The van der Waals surface area contributed by atoms with Crippen LogP contribution in [0.5, 0.6) is 0 Å². The minimum absolute atomic E-state index is 0.622. The van der Waals surface area contributed by atoms with Gasteiger partial charge in [0.2, 0.25) is 0 Å². The molecule has 18 heavy (non-hydrogen) atoms. The van der Waals surface area contributed by atoms with Crippen LogP contribution in [0.25, 0.3) is 0 Å². The van der Waals surface area contributed by atoms with E-state index in [1.54, 1.807) is 0 Å². The van der Waals surface area contributed by atoms with E-state index in [1.807, 2.05) is 0 Å². The number of hydrogen-bond acceptors (Lipinski definition) is 3. The van der Waals surface area contributed by atoms with Crippen LogP contribution in [0.15, 0.2) is 24.3 Å². The maximum absolute atomic E-state index is 5.62. The molecule has 0 bridgehead atoms. The molecule has 2 rings (SSSR count). The highest BCUT2D eigenvalue weighted by atomic mass is 15.1. The molecule has 0 radical (unpaired) electrons. The summed E-state index contributed by atoms with van der Waals surface area (Å²) in [5.74, 6) is 0.794. The fourth-order valence-electron chi connectivity index (χ4n) is 2.80. The van der Waals surface area contributed by atoms with Crippen molar-refractivity contribution >= 4 is 5.69 Å². The number of rotatable bonds is 4. The van der Waals surface area contributed by atoms with Crippen LogP contribution in [0.3, 0.4) is 0 Å². The Morgan fingerprint density at radius 2 is 2.06 bits per heavy atom. The first-order valence-corrected chi connectivity index (χ1v) is 6.87. The molecule has 2 N–H and O–H groups in total. The quantitative estimate of drug-likeness (QED) is 0.882. The van der Waals surface area contributed by atoms with Gasteiger partial charge in [-0.3, -0.25) is 0 Å². The van der Waals surface area contributed by atoms with Crippen molar-refractivity contribution in [2.24, 2.45) is 11.7 Å². The summed E-state index contributed by atoms with van der Waals surface area (Å²) in [6.45, 7) is 4.25. The molecule has 1 heterocycles. The highest BCUT2D eigenvalue weighted by molar-refractivity contribution is 5.46. The Kier molecular flexibility index (Phi) is 4.61.